The van der Waals surface area contributed by atoms with Crippen LogP contribution in [0, 0.1) is 39.5 Å². The molecule has 7 aliphatic rings. The molecule has 5 saturated heterocycles. The molecule has 4 aromatic carbocycles. The number of allylic oxidation sites excluding steroid dienone is 2. The van der Waals surface area contributed by atoms with E-state index in [0.717, 1.165) is 161 Å². The zero-order valence-corrected chi connectivity index (χ0v) is 85.9. The summed E-state index contributed by atoms with van der Waals surface area (Å²) < 4.78 is 27.1. The second kappa shape index (κ2) is 61.9. The van der Waals surface area contributed by atoms with Crippen molar-refractivity contribution in [2.45, 2.75) is 307 Å². The first-order valence-corrected chi connectivity index (χ1v) is 52.9. The minimum atomic E-state index is -1.59. The lowest BCUT2D eigenvalue weighted by atomic mass is 9.71. The van der Waals surface area contributed by atoms with E-state index in [4.69, 9.17) is 43.2 Å². The highest BCUT2D eigenvalue weighted by atomic mass is 32.2. The number of unbranched alkanes of at least 4 members (excludes halogenated alkanes) is 4. The number of likely N-dealkylation sites (tertiary alicyclic amines) is 3. The number of imide groups is 1. The monoisotopic (exact) mass is 2090 g/mol. The predicted octanol–water partition coefficient (Wildman–Crippen LogP) is 11.8. The number of amides is 7. The van der Waals surface area contributed by atoms with E-state index in [9.17, 15) is 88.2 Å². The van der Waals surface area contributed by atoms with Crippen LogP contribution in [-0.4, -0.2) is 257 Å². The van der Waals surface area contributed by atoms with Gasteiger partial charge in [-0.3, -0.25) is 62.4 Å². The van der Waals surface area contributed by atoms with Crippen LogP contribution in [0.25, 0.3) is 12.2 Å². The lowest BCUT2D eigenvalue weighted by molar-refractivity contribution is -0.688. The van der Waals surface area contributed by atoms with Crippen LogP contribution in [0.3, 0.4) is 0 Å². The molecule has 6 aromatic rings. The lowest BCUT2D eigenvalue weighted by Crippen LogP contribution is -2.61. The first-order valence-electron chi connectivity index (χ1n) is 50.0. The number of pyridine rings is 2. The number of hydrogen-bond acceptors (Lipinski definition) is 28. The number of rotatable bonds is 44. The topological polar surface area (TPSA) is 505 Å². The van der Waals surface area contributed by atoms with E-state index >= 15 is 0 Å². The number of Topliss-reactive ketones (excluding diaryl/α,β-unsaturated/α-hetero) is 2. The third kappa shape index (κ3) is 36.8. The molecule has 2 aliphatic carbocycles. The van der Waals surface area contributed by atoms with Gasteiger partial charge < -0.3 is 80.4 Å². The van der Waals surface area contributed by atoms with Crippen LogP contribution in [0.15, 0.2) is 134 Å². The van der Waals surface area contributed by atoms with Gasteiger partial charge >= 0.3 is 18.3 Å². The Labute approximate surface area is 874 Å². The van der Waals surface area contributed by atoms with Crippen molar-refractivity contribution < 1.29 is 141 Å². The summed E-state index contributed by atoms with van der Waals surface area (Å²) in [6, 6.07) is 30.2. The predicted molar refractivity (Wildman–Crippen MR) is 554 cm³/mol. The van der Waals surface area contributed by atoms with Gasteiger partial charge in [-0.05, 0) is 244 Å². The van der Waals surface area contributed by atoms with E-state index in [0.29, 0.717) is 74.6 Å². The van der Waals surface area contributed by atoms with Crippen molar-refractivity contribution in [3.8, 4) is 11.5 Å². The van der Waals surface area contributed by atoms with E-state index in [-0.39, 0.29) is 168 Å². The number of aliphatic hydroxyl groups is 6. The highest BCUT2D eigenvalue weighted by Crippen LogP contribution is 2.45. The second-order valence-corrected chi connectivity index (χ2v) is 40.3. The highest BCUT2D eigenvalue weighted by Gasteiger charge is 2.57. The van der Waals surface area contributed by atoms with Gasteiger partial charge in [0.15, 0.2) is 61.0 Å². The summed E-state index contributed by atoms with van der Waals surface area (Å²) in [5.74, 6) is -1.66. The molecule has 2 aromatic heterocycles. The molecule has 2 saturated carbocycles. The summed E-state index contributed by atoms with van der Waals surface area (Å²) in [5, 5.41) is 78.9. The smallest absolute Gasteiger partial charge is 0.373 e. The Kier molecular flexibility index (Phi) is 51.4. The van der Waals surface area contributed by atoms with E-state index < -0.39 is 89.2 Å². The number of thioether (sulfide) groups is 2. The lowest BCUT2D eigenvalue weighted by Gasteiger charge is -2.46. The Bertz CT molecular complexity index is 5590. The maximum absolute atomic E-state index is 13.6. The van der Waals surface area contributed by atoms with E-state index in [2.05, 4.69) is 16.0 Å². The number of piperidine rings is 2. The number of ether oxygens (including phenoxy) is 4. The number of carboxylic acids is 1. The summed E-state index contributed by atoms with van der Waals surface area (Å²) in [5.41, 5.74) is 6.37. The zero-order chi connectivity index (χ0) is 106. The van der Waals surface area contributed by atoms with Crippen molar-refractivity contribution in [1.82, 2.24) is 20.0 Å². The average Bonchev–Trinajstić information content (AvgIpc) is 1.55. The number of hydrogen-bond donors (Lipinski definition) is 10. The summed E-state index contributed by atoms with van der Waals surface area (Å²) in [7, 11) is 0. The fraction of sp³-hybridized carbons (Fsp3) is 0.532. The van der Waals surface area contributed by atoms with Gasteiger partial charge in [0.05, 0.1) is 41.8 Å². The molecular weight excluding hydrogens is 1940 g/mol. The standard InChI is InChI=1S/C53H66N4O11S.C52H66N4O12.C2H6S.2CO2.2CH4/c1-34-11-7-14-39(27-34)50(65)56-25-20-36(21-26-56)12-5-4-6-15-40(58)19-18-37-13-9-24-55(31-37)32-38-28-35(2)49(68-52-48(64)47(63)42(59)33-67-52)41(29-38)54-45(61)17-8-16-44(60)53(22-10-23-53)57-46(62)30-43(69-3)51(57)66;1-34-10-6-13-39(28-34)50(66)56-26-21-36(22-27-56)11-4-3-5-14-40(57)18-17-37-12-8-25-55(31-37)32-38-29-35(2)49(68-51-48(65)47(64)42(58)33-67-51)41(30-38)53-44(60)16-7-15-43(59)52(23-9-24-52)54-45(61)19-20-46(62)63;1-3-2;2*2-1-3;;/h7,9,11,13-14,18-19,24,27-29,31,36,42-43,47-48,52,59,63-64H,4-6,8,10,12,15-17,20-23,25-26,30,32-33H2,1-3H3;6,8,10,12-13,17-18,25,28-31,36,42,47-48,51,58,64-65H,3-5,7,9,11,14-16,19-24,26-27,32-33H2,1-2H3,(H2-,53,54,60,61,62,63);1-2H3;;;2*1H4/p+2/b19-18+;18-17+;;;;;/t42?,43?,47-,48-,52?;42?,47-,48-,51?;;;;;/m00...../s1. The number of aromatic nitrogens is 2. The number of ketones is 4. The second-order valence-electron chi connectivity index (χ2n) is 38.4. The minimum Gasteiger partial charge on any atom is -0.481 e. The number of carbonyl (C=O) groups excluding carboxylic acids is 15. The molecule has 7 fully saturated rings. The van der Waals surface area contributed by atoms with Crippen LogP contribution in [0.5, 0.6) is 11.5 Å². The molecule has 5 unspecified atom stereocenters. The van der Waals surface area contributed by atoms with Gasteiger partial charge in [0.1, 0.15) is 53.7 Å². The Hall–Kier alpha value is -12.0. The summed E-state index contributed by atoms with van der Waals surface area (Å²) >= 11 is 3.05. The van der Waals surface area contributed by atoms with E-state index in [1.165, 1.54) is 16.7 Å². The number of carbonyl (C=O) groups is 12. The molecule has 148 heavy (non-hydrogen) atoms. The van der Waals surface area contributed by atoms with Crippen LogP contribution in [0.1, 0.15) is 266 Å². The number of anilines is 2. The molecule has 804 valence electrons. The molecular formula is C111H148N8O27S2+2. The van der Waals surface area contributed by atoms with Gasteiger partial charge in [-0.2, -0.15) is 42.7 Å². The molecule has 0 radical (unpaired) electrons. The zero-order valence-electron chi connectivity index (χ0n) is 84.2. The molecule has 35 nitrogen and oxygen atoms in total. The minimum absolute atomic E-state index is 0. The average molecular weight is 2090 g/mol. The number of aliphatic hydroxyl groups excluding tert-OH is 6. The van der Waals surface area contributed by atoms with Crippen molar-refractivity contribution in [1.29, 1.82) is 0 Å². The van der Waals surface area contributed by atoms with Crippen LogP contribution in [0.2, 0.25) is 0 Å². The van der Waals surface area contributed by atoms with Gasteiger partial charge in [-0.15, -0.1) is 0 Å². The molecule has 5 aliphatic heterocycles. The molecule has 7 amide bonds. The third-order valence-corrected chi connectivity index (χ3v) is 28.2. The number of carboxylic acid groups (broad SMARTS) is 1. The van der Waals surface area contributed by atoms with Gasteiger partial charge in [0, 0.05) is 123 Å². The highest BCUT2D eigenvalue weighted by molar-refractivity contribution is 8.00. The van der Waals surface area contributed by atoms with Gasteiger partial charge in [0.25, 0.3) is 11.8 Å². The SMILES string of the molecule is C.C.CSC.CSC1CC(=O)N(C2(C(=O)CCCC(=O)Nc3cc(C[n+]4cccc(/C=C/C(=O)CCCCCC5CCN(C(=O)c6cccc(C)c6)CC5)c4)cc(C)c3OC3OCC(O)[C@H](O)[C@@H]3O)CCC2)C1=O.Cc1cccc(C(=O)N2CCC(CCCCCC(=O)/C=C/c3ccc[n+](Cc4cc(C)c(OC5OCC(O)[C@H](O)[C@@H]5O)c(NC(=O)CCCC(=O)C5(NC(=O)CCC(=O)O)CCC5)c4)c3)CC2)c1.O=C=O.O=C=O. The van der Waals surface area contributed by atoms with Crippen molar-refractivity contribution in [2.75, 3.05) is 68.8 Å². The number of benzene rings is 4. The summed E-state index contributed by atoms with van der Waals surface area (Å²) in [6.07, 6.45) is 25.1. The fourth-order valence-corrected chi connectivity index (χ4v) is 19.7. The van der Waals surface area contributed by atoms with Gasteiger partial charge in [-0.1, -0.05) is 88.8 Å². The molecule has 0 spiro atoms. The van der Waals surface area contributed by atoms with Gasteiger partial charge in [-0.25, -0.2) is 9.13 Å². The summed E-state index contributed by atoms with van der Waals surface area (Å²) in [4.78, 5) is 192. The van der Waals surface area contributed by atoms with Gasteiger partial charge in [0.2, 0.25) is 42.1 Å². The largest absolute Gasteiger partial charge is 0.481 e. The van der Waals surface area contributed by atoms with Crippen LogP contribution in [0.4, 0.5) is 11.4 Å². The molecule has 9 atom stereocenters. The van der Waals surface area contributed by atoms with Crippen molar-refractivity contribution in [2.24, 2.45) is 11.8 Å². The van der Waals surface area contributed by atoms with Crippen molar-refractivity contribution in [3.63, 3.8) is 0 Å². The molecule has 7 heterocycles. The Morgan fingerprint density at radius 1 is 0.500 bits per heavy atom. The maximum Gasteiger partial charge on any atom is 0.373 e. The van der Waals surface area contributed by atoms with Crippen LogP contribution in [-0.2, 0) is 89.7 Å². The first kappa shape index (κ1) is 123. The fourth-order valence-electron chi connectivity index (χ4n) is 19.1. The third-order valence-electron chi connectivity index (χ3n) is 27.2. The maximum atomic E-state index is 13.6. The molecule has 13 rings (SSSR count). The molecule has 0 bridgehead atoms. The number of nitrogens with one attached hydrogen (secondary N) is 3. The van der Waals surface area contributed by atoms with E-state index in [1.807, 2.05) is 155 Å². The number of aryl methyl sites for hydroxylation is 4. The Morgan fingerprint density at radius 2 is 0.919 bits per heavy atom. The number of aliphatic carboxylic acids is 1. The Balaban J connectivity index is 0.000000366. The molecule has 10 N–H and O–H groups in total. The van der Waals surface area contributed by atoms with Crippen LogP contribution < -0.4 is 34.6 Å². The van der Waals surface area contributed by atoms with E-state index in [1.54, 1.807) is 68.3 Å². The molecule has 37 heteroatoms. The summed E-state index contributed by atoms with van der Waals surface area (Å²) in [6.45, 7) is 10.8. The van der Waals surface area contributed by atoms with Crippen molar-refractivity contribution >= 4 is 130 Å². The quantitative estimate of drug-likeness (QED) is 0.00735. The first-order chi connectivity index (χ1) is 70.0. The van der Waals surface area contributed by atoms with Crippen LogP contribution >= 0.6 is 23.5 Å². The Morgan fingerprint density at radius 3 is 1.30 bits per heavy atom. The normalized spacial score (nSPS) is 20.2. The number of nitrogens with zero attached hydrogens (tertiary/aromatic N) is 5. The van der Waals surface area contributed by atoms with Crippen molar-refractivity contribution in [3.05, 3.63) is 190 Å².